The Morgan fingerprint density at radius 3 is 2.33 bits per heavy atom. The fourth-order valence-corrected chi connectivity index (χ4v) is 6.20. The number of likely N-dealkylation sites (tertiary alicyclic amines) is 1. The van der Waals surface area contributed by atoms with Gasteiger partial charge in [0, 0.05) is 23.7 Å². The van der Waals surface area contributed by atoms with Gasteiger partial charge in [-0.1, -0.05) is 31.0 Å². The highest BCUT2D eigenvalue weighted by molar-refractivity contribution is 7.99. The molecule has 1 aromatic carbocycles. The fourth-order valence-electron chi connectivity index (χ4n) is 5.33. The van der Waals surface area contributed by atoms with Gasteiger partial charge in [0.25, 0.3) is 0 Å². The van der Waals surface area contributed by atoms with E-state index in [0.717, 1.165) is 42.2 Å². The van der Waals surface area contributed by atoms with Gasteiger partial charge in [-0.15, -0.1) is 10.2 Å². The summed E-state index contributed by atoms with van der Waals surface area (Å²) in [6.07, 6.45) is 9.28. The van der Waals surface area contributed by atoms with E-state index < -0.39 is 0 Å². The summed E-state index contributed by atoms with van der Waals surface area (Å²) in [4.78, 5) is 15.2. The van der Waals surface area contributed by atoms with Crippen molar-refractivity contribution >= 4 is 17.7 Å². The first-order chi connectivity index (χ1) is 16.0. The van der Waals surface area contributed by atoms with Gasteiger partial charge in [0.2, 0.25) is 5.91 Å². The Balaban J connectivity index is 1.61. The Kier molecular flexibility index (Phi) is 7.83. The summed E-state index contributed by atoms with van der Waals surface area (Å²) < 4.78 is 13.2. The minimum absolute atomic E-state index is 0.200. The lowest BCUT2D eigenvalue weighted by atomic mass is 9.95. The van der Waals surface area contributed by atoms with Gasteiger partial charge in [-0.2, -0.15) is 0 Å². The Bertz CT molecular complexity index is 947. The van der Waals surface area contributed by atoms with Gasteiger partial charge in [0.15, 0.2) is 22.5 Å². The van der Waals surface area contributed by atoms with Crippen LogP contribution in [0.2, 0.25) is 0 Å². The standard InChI is InChI=1S/C25H36N4O3S/c1-17-9-8-10-18(2)28(17)23(30)16-33-25-27-26-24(29(25)20-11-6-5-7-12-20)19-13-14-21(31-3)22(15-19)32-4/h13-15,17-18,20H,5-12,16H2,1-4H3. The molecule has 2 aliphatic rings. The monoisotopic (exact) mass is 472 g/mol. The van der Waals surface area contributed by atoms with Crippen molar-refractivity contribution in [1.29, 1.82) is 0 Å². The van der Waals surface area contributed by atoms with Gasteiger partial charge >= 0.3 is 0 Å². The van der Waals surface area contributed by atoms with Gasteiger partial charge < -0.3 is 14.4 Å². The van der Waals surface area contributed by atoms with Crippen molar-refractivity contribution in [2.24, 2.45) is 0 Å². The van der Waals surface area contributed by atoms with Gasteiger partial charge in [0.1, 0.15) is 0 Å². The number of benzene rings is 1. The highest BCUT2D eigenvalue weighted by Crippen LogP contribution is 2.38. The van der Waals surface area contributed by atoms with E-state index in [1.165, 1.54) is 37.4 Å². The number of hydrogen-bond acceptors (Lipinski definition) is 6. The van der Waals surface area contributed by atoms with Crippen molar-refractivity contribution in [3.63, 3.8) is 0 Å². The maximum Gasteiger partial charge on any atom is 0.233 e. The number of thioether (sulfide) groups is 1. The van der Waals surface area contributed by atoms with Crippen molar-refractivity contribution in [1.82, 2.24) is 19.7 Å². The van der Waals surface area contributed by atoms with Crippen LogP contribution in [0.1, 0.15) is 71.3 Å². The molecule has 1 aliphatic carbocycles. The lowest BCUT2D eigenvalue weighted by molar-refractivity contribution is -0.134. The van der Waals surface area contributed by atoms with Crippen LogP contribution in [0.3, 0.4) is 0 Å². The molecular weight excluding hydrogens is 436 g/mol. The van der Waals surface area contributed by atoms with E-state index in [4.69, 9.17) is 9.47 Å². The largest absolute Gasteiger partial charge is 0.493 e. The number of ether oxygens (including phenoxy) is 2. The average molecular weight is 473 g/mol. The fraction of sp³-hybridized carbons (Fsp3) is 0.640. The summed E-state index contributed by atoms with van der Waals surface area (Å²) in [5, 5.41) is 9.97. The second kappa shape index (κ2) is 10.8. The highest BCUT2D eigenvalue weighted by Gasteiger charge is 2.30. The summed E-state index contributed by atoms with van der Waals surface area (Å²) in [5.41, 5.74) is 0.946. The summed E-state index contributed by atoms with van der Waals surface area (Å²) in [5.74, 6) is 2.79. The number of nitrogens with zero attached hydrogens (tertiary/aromatic N) is 4. The average Bonchev–Trinajstić information content (AvgIpc) is 3.26. The Morgan fingerprint density at radius 1 is 0.970 bits per heavy atom. The van der Waals surface area contributed by atoms with Gasteiger partial charge in [-0.05, 0) is 64.2 Å². The van der Waals surface area contributed by atoms with Gasteiger partial charge in [-0.3, -0.25) is 9.36 Å². The van der Waals surface area contributed by atoms with Crippen LogP contribution in [0.5, 0.6) is 11.5 Å². The second-order valence-electron chi connectivity index (χ2n) is 9.26. The molecule has 1 aromatic heterocycles. The molecule has 4 rings (SSSR count). The number of methoxy groups -OCH3 is 2. The molecule has 1 saturated heterocycles. The molecule has 1 saturated carbocycles. The van der Waals surface area contributed by atoms with Crippen molar-refractivity contribution in [2.75, 3.05) is 20.0 Å². The highest BCUT2D eigenvalue weighted by atomic mass is 32.2. The van der Waals surface area contributed by atoms with E-state index in [-0.39, 0.29) is 5.91 Å². The molecule has 0 bridgehead atoms. The number of hydrogen-bond donors (Lipinski definition) is 0. The van der Waals surface area contributed by atoms with E-state index in [0.29, 0.717) is 35.4 Å². The molecule has 0 spiro atoms. The topological polar surface area (TPSA) is 69.5 Å². The van der Waals surface area contributed by atoms with Crippen molar-refractivity contribution in [3.8, 4) is 22.9 Å². The summed E-state index contributed by atoms with van der Waals surface area (Å²) in [6, 6.07) is 6.83. The Morgan fingerprint density at radius 2 is 1.67 bits per heavy atom. The maximum absolute atomic E-state index is 13.1. The van der Waals surface area contributed by atoms with E-state index in [2.05, 4.69) is 33.5 Å². The zero-order valence-electron chi connectivity index (χ0n) is 20.2. The van der Waals surface area contributed by atoms with E-state index in [1.54, 1.807) is 14.2 Å². The lowest BCUT2D eigenvalue weighted by Crippen LogP contribution is -2.48. The first-order valence-electron chi connectivity index (χ1n) is 12.1. The minimum Gasteiger partial charge on any atom is -0.493 e. The molecule has 180 valence electrons. The van der Waals surface area contributed by atoms with Crippen LogP contribution in [-0.2, 0) is 4.79 Å². The number of amides is 1. The quantitative estimate of drug-likeness (QED) is 0.506. The van der Waals surface area contributed by atoms with Crippen LogP contribution in [0.15, 0.2) is 23.4 Å². The van der Waals surface area contributed by atoms with E-state index >= 15 is 0 Å². The second-order valence-corrected chi connectivity index (χ2v) is 10.2. The molecule has 2 unspecified atom stereocenters. The zero-order valence-corrected chi connectivity index (χ0v) is 21.1. The van der Waals surface area contributed by atoms with Crippen molar-refractivity contribution in [3.05, 3.63) is 18.2 Å². The molecule has 7 nitrogen and oxygen atoms in total. The molecule has 33 heavy (non-hydrogen) atoms. The molecule has 1 aliphatic heterocycles. The first-order valence-corrected chi connectivity index (χ1v) is 13.1. The molecule has 2 atom stereocenters. The molecule has 0 N–H and O–H groups in total. The zero-order chi connectivity index (χ0) is 23.4. The summed E-state index contributed by atoms with van der Waals surface area (Å²) in [6.45, 7) is 4.33. The van der Waals surface area contributed by atoms with Crippen LogP contribution < -0.4 is 9.47 Å². The Labute approximate surface area is 201 Å². The van der Waals surface area contributed by atoms with Crippen molar-refractivity contribution in [2.45, 2.75) is 88.5 Å². The third-order valence-electron chi connectivity index (χ3n) is 7.05. The van der Waals surface area contributed by atoms with Crippen LogP contribution in [0.25, 0.3) is 11.4 Å². The van der Waals surface area contributed by atoms with E-state index in [1.807, 2.05) is 18.2 Å². The number of carbonyl (C=O) groups is 1. The van der Waals surface area contributed by atoms with Crippen LogP contribution >= 0.6 is 11.8 Å². The SMILES string of the molecule is COc1ccc(-c2nnc(SCC(=O)N3C(C)CCCC3C)n2C2CCCCC2)cc1OC. The molecule has 1 amide bonds. The molecule has 2 heterocycles. The Hall–Kier alpha value is -2.22. The van der Waals surface area contributed by atoms with Crippen LogP contribution in [-0.4, -0.2) is 57.6 Å². The molecule has 2 fully saturated rings. The summed E-state index contributed by atoms with van der Waals surface area (Å²) in [7, 11) is 3.28. The van der Waals surface area contributed by atoms with Crippen LogP contribution in [0.4, 0.5) is 0 Å². The maximum atomic E-state index is 13.1. The van der Waals surface area contributed by atoms with Crippen LogP contribution in [0, 0.1) is 0 Å². The predicted molar refractivity (Wildman–Crippen MR) is 131 cm³/mol. The van der Waals surface area contributed by atoms with Gasteiger partial charge in [0.05, 0.1) is 20.0 Å². The first kappa shape index (κ1) is 23.9. The van der Waals surface area contributed by atoms with Gasteiger partial charge in [-0.25, -0.2) is 0 Å². The number of aromatic nitrogens is 3. The third kappa shape index (κ3) is 5.15. The molecule has 8 heteroatoms. The predicted octanol–water partition coefficient (Wildman–Crippen LogP) is 5.35. The minimum atomic E-state index is 0.200. The van der Waals surface area contributed by atoms with E-state index in [9.17, 15) is 4.79 Å². The molecular formula is C25H36N4O3S. The third-order valence-corrected chi connectivity index (χ3v) is 7.98. The molecule has 2 aromatic rings. The summed E-state index contributed by atoms with van der Waals surface area (Å²) >= 11 is 1.52. The normalized spacial score (nSPS) is 21.8. The molecule has 0 radical (unpaired) electrons. The number of rotatable bonds is 7. The number of piperidine rings is 1. The van der Waals surface area contributed by atoms with Crippen molar-refractivity contribution < 1.29 is 14.3 Å². The smallest absolute Gasteiger partial charge is 0.233 e. The lowest BCUT2D eigenvalue weighted by Gasteiger charge is -2.39. The number of carbonyl (C=O) groups excluding carboxylic acids is 1.